The van der Waals surface area contributed by atoms with Crippen molar-refractivity contribution in [3.63, 3.8) is 0 Å². The molecule has 0 fully saturated rings. The van der Waals surface area contributed by atoms with Gasteiger partial charge in [-0.15, -0.1) is 11.3 Å². The van der Waals surface area contributed by atoms with Crippen LogP contribution in [-0.2, 0) is 13.0 Å². The van der Waals surface area contributed by atoms with E-state index in [9.17, 15) is 13.6 Å². The predicted molar refractivity (Wildman–Crippen MR) is 94.0 cm³/mol. The van der Waals surface area contributed by atoms with Crippen LogP contribution in [0.2, 0.25) is 5.02 Å². The SMILES string of the molecule is O=C(O)c1nc(Cc2cc(Cl)ccc2OCc2ccc(F)cc2F)cs1. The molecule has 0 unspecified atom stereocenters. The second kappa shape index (κ2) is 7.80. The summed E-state index contributed by atoms with van der Waals surface area (Å²) in [6.07, 6.45) is 0.311. The highest BCUT2D eigenvalue weighted by molar-refractivity contribution is 7.11. The van der Waals surface area contributed by atoms with Crippen molar-refractivity contribution in [1.82, 2.24) is 4.98 Å². The molecule has 0 radical (unpaired) electrons. The summed E-state index contributed by atoms with van der Waals surface area (Å²) in [5.41, 5.74) is 1.46. The van der Waals surface area contributed by atoms with E-state index in [0.29, 0.717) is 28.5 Å². The Balaban J connectivity index is 1.79. The molecule has 1 heterocycles. The van der Waals surface area contributed by atoms with E-state index in [1.807, 2.05) is 0 Å². The van der Waals surface area contributed by atoms with Gasteiger partial charge in [0.05, 0.1) is 5.69 Å². The lowest BCUT2D eigenvalue weighted by Crippen LogP contribution is -2.02. The van der Waals surface area contributed by atoms with Crippen LogP contribution in [0.1, 0.15) is 26.6 Å². The van der Waals surface area contributed by atoms with E-state index in [4.69, 9.17) is 21.4 Å². The molecule has 3 aromatic rings. The first kappa shape index (κ1) is 18.3. The molecule has 0 amide bonds. The van der Waals surface area contributed by atoms with Gasteiger partial charge in [0.15, 0.2) is 0 Å². The normalized spacial score (nSPS) is 10.7. The lowest BCUT2D eigenvalue weighted by atomic mass is 10.1. The Bertz CT molecular complexity index is 961. The molecular formula is C18H12ClF2NO3S. The van der Waals surface area contributed by atoms with Crippen molar-refractivity contribution < 1.29 is 23.4 Å². The molecule has 2 aromatic carbocycles. The van der Waals surface area contributed by atoms with Gasteiger partial charge in [-0.2, -0.15) is 0 Å². The third-order valence-corrected chi connectivity index (χ3v) is 4.64. The van der Waals surface area contributed by atoms with Crippen molar-refractivity contribution in [3.8, 4) is 5.75 Å². The molecule has 0 aliphatic heterocycles. The van der Waals surface area contributed by atoms with E-state index in [0.717, 1.165) is 23.5 Å². The van der Waals surface area contributed by atoms with E-state index in [2.05, 4.69) is 4.98 Å². The van der Waals surface area contributed by atoms with Crippen LogP contribution in [0.4, 0.5) is 8.78 Å². The fourth-order valence-corrected chi connectivity index (χ4v) is 3.15. The van der Waals surface area contributed by atoms with Gasteiger partial charge in [0, 0.05) is 34.0 Å². The highest BCUT2D eigenvalue weighted by atomic mass is 35.5. The number of carboxylic acids is 1. The maximum atomic E-state index is 13.7. The van der Waals surface area contributed by atoms with E-state index in [-0.39, 0.29) is 17.2 Å². The number of hydrogen-bond donors (Lipinski definition) is 1. The first-order chi connectivity index (χ1) is 12.4. The molecule has 0 bridgehead atoms. The second-order valence-electron chi connectivity index (χ2n) is 5.40. The highest BCUT2D eigenvalue weighted by Gasteiger charge is 2.13. The maximum Gasteiger partial charge on any atom is 0.365 e. The highest BCUT2D eigenvalue weighted by Crippen LogP contribution is 2.27. The molecule has 8 heteroatoms. The molecule has 0 aliphatic carbocycles. The van der Waals surface area contributed by atoms with Crippen LogP contribution in [-0.4, -0.2) is 16.1 Å². The monoisotopic (exact) mass is 395 g/mol. The molecule has 26 heavy (non-hydrogen) atoms. The maximum absolute atomic E-state index is 13.7. The third kappa shape index (κ3) is 4.36. The average molecular weight is 396 g/mol. The zero-order chi connectivity index (χ0) is 18.7. The van der Waals surface area contributed by atoms with Crippen LogP contribution in [0.15, 0.2) is 41.8 Å². The molecular weight excluding hydrogens is 384 g/mol. The second-order valence-corrected chi connectivity index (χ2v) is 6.70. The van der Waals surface area contributed by atoms with Crippen LogP contribution in [0.25, 0.3) is 0 Å². The number of rotatable bonds is 6. The standard InChI is InChI=1S/C18H12ClF2NO3S/c19-12-2-4-16(25-8-10-1-3-13(20)7-15(10)21)11(5-12)6-14-9-26-17(22-14)18(23)24/h1-5,7,9H,6,8H2,(H,23,24). The van der Waals surface area contributed by atoms with Crippen LogP contribution in [0.3, 0.4) is 0 Å². The number of halogens is 3. The van der Waals surface area contributed by atoms with Gasteiger partial charge >= 0.3 is 5.97 Å². The molecule has 0 spiro atoms. The number of aromatic carboxylic acids is 1. The number of ether oxygens (including phenoxy) is 1. The van der Waals surface area contributed by atoms with Gasteiger partial charge in [-0.1, -0.05) is 11.6 Å². The van der Waals surface area contributed by atoms with Gasteiger partial charge < -0.3 is 9.84 Å². The van der Waals surface area contributed by atoms with Crippen LogP contribution < -0.4 is 4.74 Å². The first-order valence-electron chi connectivity index (χ1n) is 7.45. The summed E-state index contributed by atoms with van der Waals surface area (Å²) in [4.78, 5) is 15.0. The number of benzene rings is 2. The third-order valence-electron chi connectivity index (χ3n) is 3.53. The first-order valence-corrected chi connectivity index (χ1v) is 8.71. The minimum Gasteiger partial charge on any atom is -0.489 e. The van der Waals surface area contributed by atoms with Gasteiger partial charge in [-0.3, -0.25) is 0 Å². The number of nitrogens with zero attached hydrogens (tertiary/aromatic N) is 1. The van der Waals surface area contributed by atoms with Crippen molar-refractivity contribution in [2.45, 2.75) is 13.0 Å². The molecule has 1 aromatic heterocycles. The van der Waals surface area contributed by atoms with Gasteiger partial charge in [-0.25, -0.2) is 18.6 Å². The van der Waals surface area contributed by atoms with E-state index in [1.165, 1.54) is 6.07 Å². The van der Waals surface area contributed by atoms with Crippen molar-refractivity contribution in [1.29, 1.82) is 0 Å². The van der Waals surface area contributed by atoms with Gasteiger partial charge in [0.2, 0.25) is 5.01 Å². The van der Waals surface area contributed by atoms with Crippen molar-refractivity contribution >= 4 is 28.9 Å². The van der Waals surface area contributed by atoms with Gasteiger partial charge in [-0.05, 0) is 30.3 Å². The van der Waals surface area contributed by atoms with Crippen LogP contribution >= 0.6 is 22.9 Å². The molecule has 134 valence electrons. The summed E-state index contributed by atoms with van der Waals surface area (Å²) >= 11 is 7.06. The number of aromatic nitrogens is 1. The summed E-state index contributed by atoms with van der Waals surface area (Å²) in [7, 11) is 0. The quantitative estimate of drug-likeness (QED) is 0.642. The van der Waals surface area contributed by atoms with Crippen molar-refractivity contribution in [2.75, 3.05) is 0 Å². The Kier molecular flexibility index (Phi) is 5.49. The van der Waals surface area contributed by atoms with Crippen molar-refractivity contribution in [3.05, 3.63) is 80.3 Å². The molecule has 1 N–H and O–H groups in total. The molecule has 3 rings (SSSR count). The zero-order valence-electron chi connectivity index (χ0n) is 13.2. The minimum absolute atomic E-state index is 0.00196. The van der Waals surface area contributed by atoms with Crippen molar-refractivity contribution in [2.24, 2.45) is 0 Å². The lowest BCUT2D eigenvalue weighted by molar-refractivity contribution is 0.0696. The molecule has 0 saturated carbocycles. The van der Waals surface area contributed by atoms with Crippen LogP contribution in [0.5, 0.6) is 5.75 Å². The number of carbonyl (C=O) groups is 1. The average Bonchev–Trinajstić information content (AvgIpc) is 3.04. The molecule has 0 aliphatic rings. The zero-order valence-corrected chi connectivity index (χ0v) is 14.8. The van der Waals surface area contributed by atoms with E-state index >= 15 is 0 Å². The Hall–Kier alpha value is -2.51. The Morgan fingerprint density at radius 2 is 2.00 bits per heavy atom. The fourth-order valence-electron chi connectivity index (χ4n) is 2.30. The number of hydrogen-bond acceptors (Lipinski definition) is 4. The topological polar surface area (TPSA) is 59.4 Å². The Morgan fingerprint density at radius 1 is 1.19 bits per heavy atom. The summed E-state index contributed by atoms with van der Waals surface area (Å²) < 4.78 is 32.4. The molecule has 0 saturated heterocycles. The summed E-state index contributed by atoms with van der Waals surface area (Å²) in [6.45, 7) is -0.0851. The molecule has 0 atom stereocenters. The summed E-state index contributed by atoms with van der Waals surface area (Å²) in [5, 5.41) is 11.1. The largest absolute Gasteiger partial charge is 0.489 e. The van der Waals surface area contributed by atoms with Gasteiger partial charge in [0.25, 0.3) is 0 Å². The van der Waals surface area contributed by atoms with E-state index < -0.39 is 17.6 Å². The lowest BCUT2D eigenvalue weighted by Gasteiger charge is -2.12. The Labute approximate surface area is 156 Å². The molecule has 4 nitrogen and oxygen atoms in total. The summed E-state index contributed by atoms with van der Waals surface area (Å²) in [6, 6.07) is 8.23. The summed E-state index contributed by atoms with van der Waals surface area (Å²) in [5.74, 6) is -1.97. The number of carboxylic acid groups (broad SMARTS) is 1. The number of thiazole rings is 1. The Morgan fingerprint density at radius 3 is 2.69 bits per heavy atom. The van der Waals surface area contributed by atoms with Crippen LogP contribution in [0, 0.1) is 11.6 Å². The minimum atomic E-state index is -1.09. The van der Waals surface area contributed by atoms with Gasteiger partial charge in [0.1, 0.15) is 24.0 Å². The predicted octanol–water partition coefficient (Wildman–Crippen LogP) is 4.94. The van der Waals surface area contributed by atoms with E-state index in [1.54, 1.807) is 23.6 Å². The smallest absolute Gasteiger partial charge is 0.365 e. The fraction of sp³-hybridized carbons (Fsp3) is 0.111.